The Balaban J connectivity index is 0.948. The first-order valence-corrected chi connectivity index (χ1v) is 28.5. The number of benzene rings is 12. The highest BCUT2D eigenvalue weighted by Gasteiger charge is 2.41. The Hall–Kier alpha value is -9.94. The first-order valence-electron chi connectivity index (χ1n) is 26.5. The lowest BCUT2D eigenvalue weighted by molar-refractivity contribution is 0.670. The number of nitrogens with zero attached hydrogens (tertiary/aromatic N) is 3. The van der Waals surface area contributed by atoms with Gasteiger partial charge >= 0.3 is 0 Å². The Morgan fingerprint density at radius 1 is 0.247 bits per heavy atom. The monoisotopic (exact) mass is 997 g/mol. The minimum atomic E-state index is -2.81. The van der Waals surface area contributed by atoms with Crippen LogP contribution in [0, 0.1) is 0 Å². The third-order valence-electron chi connectivity index (χ3n) is 16.4. The number of furan rings is 1. The molecule has 0 saturated carbocycles. The van der Waals surface area contributed by atoms with E-state index in [1.165, 1.54) is 69.6 Å². The summed E-state index contributed by atoms with van der Waals surface area (Å²) in [4.78, 5) is 0. The fourth-order valence-corrected chi connectivity index (χ4v) is 18.0. The van der Waals surface area contributed by atoms with Crippen molar-refractivity contribution in [3.8, 4) is 28.2 Å². The van der Waals surface area contributed by atoms with Gasteiger partial charge in [-0.1, -0.05) is 212 Å². The van der Waals surface area contributed by atoms with Gasteiger partial charge in [-0.25, -0.2) is 0 Å². The molecule has 0 spiro atoms. The molecule has 0 unspecified atom stereocenters. The third kappa shape index (κ3) is 6.38. The van der Waals surface area contributed by atoms with Crippen LogP contribution in [0.2, 0.25) is 0 Å². The quantitative estimate of drug-likeness (QED) is 0.110. The topological polar surface area (TPSA) is 27.9 Å². The second-order valence-electron chi connectivity index (χ2n) is 20.3. The summed E-state index contributed by atoms with van der Waals surface area (Å²) in [5, 5.41) is 14.9. The maximum atomic E-state index is 6.80. The third-order valence-corrected chi connectivity index (χ3v) is 21.2. The Kier molecular flexibility index (Phi) is 9.62. The molecule has 0 radical (unpaired) electrons. The van der Waals surface area contributed by atoms with Crippen molar-refractivity contribution in [2.75, 3.05) is 0 Å². The lowest BCUT2D eigenvalue weighted by Crippen LogP contribution is -2.74. The molecule has 0 aliphatic carbocycles. The van der Waals surface area contributed by atoms with Gasteiger partial charge in [0.05, 0.1) is 33.1 Å². The molecule has 0 saturated heterocycles. The van der Waals surface area contributed by atoms with E-state index in [0.717, 1.165) is 66.7 Å². The second kappa shape index (κ2) is 17.0. The number of hydrogen-bond acceptors (Lipinski definition) is 1. The second-order valence-corrected chi connectivity index (χ2v) is 24.2. The zero-order valence-corrected chi connectivity index (χ0v) is 42.9. The van der Waals surface area contributed by atoms with Crippen molar-refractivity contribution in [3.05, 3.63) is 285 Å². The number of hydrogen-bond donors (Lipinski definition) is 0. The predicted molar refractivity (Wildman–Crippen MR) is 326 cm³/mol. The van der Waals surface area contributed by atoms with Crippen LogP contribution in [0.5, 0.6) is 0 Å². The average molecular weight is 998 g/mol. The molecule has 360 valence electrons. The Morgan fingerprint density at radius 2 is 0.649 bits per heavy atom. The highest BCUT2D eigenvalue weighted by Crippen LogP contribution is 2.44. The molecule has 4 nitrogen and oxygen atoms in total. The minimum absolute atomic E-state index is 0.888. The van der Waals surface area contributed by atoms with Gasteiger partial charge in [0.15, 0.2) is 8.07 Å². The lowest BCUT2D eigenvalue weighted by Gasteiger charge is -2.34. The summed E-state index contributed by atoms with van der Waals surface area (Å²) in [5.74, 6) is 0. The van der Waals surface area contributed by atoms with Crippen LogP contribution < -0.4 is 20.7 Å². The maximum Gasteiger partial charge on any atom is 0.179 e. The van der Waals surface area contributed by atoms with Crippen molar-refractivity contribution in [2.24, 2.45) is 0 Å². The zero-order valence-electron chi connectivity index (χ0n) is 41.9. The summed E-state index contributed by atoms with van der Waals surface area (Å²) in [6.07, 6.45) is 0. The SMILES string of the molecule is c1ccc([Si](c2ccccc2)(c2ccccc2)c2cccc(-n3c4ccccc4c4cc(-n5c6ccc(-n7c8ccccc8c8ccccc87)cc6c6cccc(-c7cccc8c7oc7ccccc78)c65)ccc43)c2)cc1. The van der Waals surface area contributed by atoms with E-state index in [0.29, 0.717) is 0 Å². The van der Waals surface area contributed by atoms with Crippen LogP contribution in [0.25, 0.3) is 116 Å². The average Bonchev–Trinajstić information content (AvgIpc) is 4.43. The molecule has 12 aromatic carbocycles. The standard InChI is InChI=1S/C72H47N3OSi/c1-4-22-51(23-5-1)77(52-24-6-2-7-25-52,53-26-8-3-9-27-53)54-28-18-21-48(45-54)73-67-39-16-12-31-57(67)63-47-50(42-43-68(63)73)75-69-44-41-49(74-65-37-14-10-29-55(65)56-30-11-15-38-66(56)74)46-64(69)60-34-19-33-59(71(60)75)62-36-20-35-61-58-32-13-17-40-70(58)76-72(61)62/h1-47H. The Morgan fingerprint density at radius 3 is 1.25 bits per heavy atom. The summed E-state index contributed by atoms with van der Waals surface area (Å²) >= 11 is 0. The van der Waals surface area contributed by atoms with Gasteiger partial charge in [0.1, 0.15) is 11.2 Å². The first-order chi connectivity index (χ1) is 38.2. The molecule has 0 aliphatic rings. The van der Waals surface area contributed by atoms with Crippen molar-refractivity contribution in [1.82, 2.24) is 13.7 Å². The van der Waals surface area contributed by atoms with Gasteiger partial charge < -0.3 is 18.1 Å². The highest BCUT2D eigenvalue weighted by molar-refractivity contribution is 7.19. The van der Waals surface area contributed by atoms with Crippen molar-refractivity contribution in [3.63, 3.8) is 0 Å². The largest absolute Gasteiger partial charge is 0.455 e. The van der Waals surface area contributed by atoms with Crippen molar-refractivity contribution < 1.29 is 4.42 Å². The normalized spacial score (nSPS) is 12.2. The lowest BCUT2D eigenvalue weighted by atomic mass is 9.99. The fraction of sp³-hybridized carbons (Fsp3) is 0. The zero-order chi connectivity index (χ0) is 50.6. The van der Waals surface area contributed by atoms with Gasteiger partial charge in [-0.2, -0.15) is 0 Å². The molecule has 0 amide bonds. The Labute approximate surface area is 445 Å². The minimum Gasteiger partial charge on any atom is -0.455 e. The van der Waals surface area contributed by atoms with Gasteiger partial charge in [-0.05, 0) is 93.5 Å². The van der Waals surface area contributed by atoms with E-state index in [4.69, 9.17) is 4.42 Å². The smallest absolute Gasteiger partial charge is 0.179 e. The van der Waals surface area contributed by atoms with Crippen LogP contribution in [0.1, 0.15) is 0 Å². The Bertz CT molecular complexity index is 4840. The van der Waals surface area contributed by atoms with Crippen molar-refractivity contribution in [2.45, 2.75) is 0 Å². The molecule has 4 aromatic heterocycles. The maximum absolute atomic E-state index is 6.80. The molecule has 16 rings (SSSR count). The van der Waals surface area contributed by atoms with Gasteiger partial charge in [0.2, 0.25) is 0 Å². The molecule has 5 heteroatoms. The summed E-state index contributed by atoms with van der Waals surface area (Å²) in [6, 6.07) is 105. The van der Waals surface area contributed by atoms with Crippen LogP contribution in [0.4, 0.5) is 0 Å². The molecule has 0 atom stereocenters. The first kappa shape index (κ1) is 43.5. The molecule has 0 fully saturated rings. The summed E-state index contributed by atoms with van der Waals surface area (Å²) in [6.45, 7) is 0. The van der Waals surface area contributed by atoms with Gasteiger partial charge in [-0.3, -0.25) is 0 Å². The van der Waals surface area contributed by atoms with Gasteiger partial charge in [0.25, 0.3) is 0 Å². The molecular weight excluding hydrogens is 951 g/mol. The van der Waals surface area contributed by atoms with Crippen LogP contribution in [0.3, 0.4) is 0 Å². The van der Waals surface area contributed by atoms with Gasteiger partial charge in [-0.15, -0.1) is 0 Å². The predicted octanol–water partition coefficient (Wildman–Crippen LogP) is 15.9. The van der Waals surface area contributed by atoms with E-state index >= 15 is 0 Å². The molecule has 0 N–H and O–H groups in total. The van der Waals surface area contributed by atoms with E-state index in [-0.39, 0.29) is 0 Å². The number of para-hydroxylation sites is 6. The van der Waals surface area contributed by atoms with Crippen LogP contribution >= 0.6 is 0 Å². The molecule has 0 aliphatic heterocycles. The van der Waals surface area contributed by atoms with E-state index in [2.05, 4.69) is 299 Å². The van der Waals surface area contributed by atoms with E-state index in [9.17, 15) is 0 Å². The molecule has 0 bridgehead atoms. The fourth-order valence-electron chi connectivity index (χ4n) is 13.2. The highest BCUT2D eigenvalue weighted by atomic mass is 28.3. The van der Waals surface area contributed by atoms with Crippen LogP contribution in [-0.4, -0.2) is 21.8 Å². The number of fused-ring (bicyclic) bond motifs is 12. The van der Waals surface area contributed by atoms with Crippen molar-refractivity contribution >= 4 is 116 Å². The summed E-state index contributed by atoms with van der Waals surface area (Å²) in [7, 11) is -2.81. The number of aromatic nitrogens is 3. The van der Waals surface area contributed by atoms with E-state index < -0.39 is 8.07 Å². The molecule has 77 heavy (non-hydrogen) atoms. The molecule has 4 heterocycles. The van der Waals surface area contributed by atoms with Crippen LogP contribution in [-0.2, 0) is 0 Å². The molecule has 16 aromatic rings. The van der Waals surface area contributed by atoms with E-state index in [1.807, 2.05) is 0 Å². The van der Waals surface area contributed by atoms with E-state index in [1.54, 1.807) is 0 Å². The van der Waals surface area contributed by atoms with Crippen LogP contribution in [0.15, 0.2) is 290 Å². The number of rotatable bonds is 8. The summed E-state index contributed by atoms with van der Waals surface area (Å²) in [5.41, 5.74) is 14.3. The summed E-state index contributed by atoms with van der Waals surface area (Å²) < 4.78 is 14.2. The van der Waals surface area contributed by atoms with Gasteiger partial charge in [0, 0.05) is 71.3 Å². The molecular formula is C72H47N3OSi. The van der Waals surface area contributed by atoms with Crippen molar-refractivity contribution in [1.29, 1.82) is 0 Å².